The van der Waals surface area contributed by atoms with Gasteiger partial charge >= 0.3 is 0 Å². The zero-order valence-corrected chi connectivity index (χ0v) is 13.6. The fraction of sp³-hybridized carbons (Fsp3) is 0.500. The van der Waals surface area contributed by atoms with E-state index in [0.29, 0.717) is 30.0 Å². The average Bonchev–Trinajstić information content (AvgIpc) is 2.99. The maximum Gasteiger partial charge on any atom is 0.162 e. The number of nitrogens with one attached hydrogen (secondary N) is 1. The lowest BCUT2D eigenvalue weighted by Crippen LogP contribution is -2.57. The maximum absolute atomic E-state index is 9.84. The van der Waals surface area contributed by atoms with Gasteiger partial charge in [0.2, 0.25) is 0 Å². The van der Waals surface area contributed by atoms with Crippen LogP contribution in [0, 0.1) is 11.3 Å². The van der Waals surface area contributed by atoms with Gasteiger partial charge in [0.25, 0.3) is 0 Å². The summed E-state index contributed by atoms with van der Waals surface area (Å²) >= 11 is 0. The molecule has 2 unspecified atom stereocenters. The molecule has 5 nitrogen and oxygen atoms in total. The van der Waals surface area contributed by atoms with Crippen molar-refractivity contribution >= 4 is 0 Å². The summed E-state index contributed by atoms with van der Waals surface area (Å²) in [4.78, 5) is 0. The summed E-state index contributed by atoms with van der Waals surface area (Å²) in [5, 5.41) is 26.4. The first-order valence-electron chi connectivity index (χ1n) is 8.06. The van der Waals surface area contributed by atoms with E-state index >= 15 is 0 Å². The van der Waals surface area contributed by atoms with Crippen molar-refractivity contribution in [1.82, 2.24) is 10.5 Å². The van der Waals surface area contributed by atoms with Gasteiger partial charge in [-0.25, -0.2) is 0 Å². The number of rotatable bonds is 6. The molecule has 1 aromatic heterocycles. The third kappa shape index (κ3) is 3.26. The van der Waals surface area contributed by atoms with Crippen LogP contribution in [0.3, 0.4) is 0 Å². The third-order valence-electron chi connectivity index (χ3n) is 5.22. The molecule has 5 heteroatoms. The van der Waals surface area contributed by atoms with Gasteiger partial charge in [0, 0.05) is 24.2 Å². The number of aliphatic hydroxyl groups is 1. The minimum atomic E-state index is -0.105. The van der Waals surface area contributed by atoms with E-state index in [1.54, 1.807) is 6.07 Å². The van der Waals surface area contributed by atoms with Crippen LogP contribution < -0.4 is 5.32 Å². The Balaban J connectivity index is 1.55. The number of benzene rings is 1. The van der Waals surface area contributed by atoms with Crippen molar-refractivity contribution in [2.24, 2.45) is 11.3 Å². The quantitative estimate of drug-likeness (QED) is 0.763. The van der Waals surface area contributed by atoms with Crippen LogP contribution in [0.1, 0.15) is 37.3 Å². The van der Waals surface area contributed by atoms with Crippen LogP contribution in [0.25, 0.3) is 0 Å². The van der Waals surface area contributed by atoms with Gasteiger partial charge in [-0.3, -0.25) is 0 Å². The van der Waals surface area contributed by atoms with Crippen LogP contribution in [0.15, 0.2) is 34.9 Å². The predicted octanol–water partition coefficient (Wildman–Crippen LogP) is 2.62. The van der Waals surface area contributed by atoms with Crippen LogP contribution in [-0.2, 0) is 19.6 Å². The summed E-state index contributed by atoms with van der Waals surface area (Å²) in [6.45, 7) is 5.09. The SMILES string of the molecule is CC1(C)C(Cc2cc(CO)on2)CC1NCc1ccccc1O. The molecule has 3 N–H and O–H groups in total. The summed E-state index contributed by atoms with van der Waals surface area (Å²) in [6, 6.07) is 9.68. The Hall–Kier alpha value is -1.85. The predicted molar refractivity (Wildman–Crippen MR) is 86.8 cm³/mol. The standard InChI is InChI=1S/C18H24N2O3/c1-18(2)13(7-14-9-15(11-21)23-20-14)8-17(18)19-10-12-5-3-4-6-16(12)22/h3-6,9,13,17,19,21-22H,7-8,10-11H2,1-2H3. The largest absolute Gasteiger partial charge is 0.508 e. The molecule has 0 aliphatic heterocycles. The zero-order valence-electron chi connectivity index (χ0n) is 13.6. The number of hydrogen-bond donors (Lipinski definition) is 3. The van der Waals surface area contributed by atoms with Crippen LogP contribution in [0.2, 0.25) is 0 Å². The van der Waals surface area contributed by atoms with Gasteiger partial charge in [-0.2, -0.15) is 0 Å². The lowest BCUT2D eigenvalue weighted by atomic mass is 9.57. The Morgan fingerprint density at radius 2 is 2.13 bits per heavy atom. The number of aliphatic hydroxyl groups excluding tert-OH is 1. The minimum absolute atomic E-state index is 0.105. The highest BCUT2D eigenvalue weighted by Gasteiger charge is 2.47. The molecule has 0 bridgehead atoms. The molecule has 1 fully saturated rings. The second kappa shape index (κ2) is 6.34. The number of nitrogens with zero attached hydrogens (tertiary/aromatic N) is 1. The molecule has 0 saturated heterocycles. The molecule has 1 aliphatic carbocycles. The molecule has 3 rings (SSSR count). The molecule has 1 aliphatic rings. The van der Waals surface area contributed by atoms with Crippen molar-refractivity contribution < 1.29 is 14.7 Å². The van der Waals surface area contributed by atoms with Crippen molar-refractivity contribution in [3.8, 4) is 5.75 Å². The molecule has 2 aromatic rings. The van der Waals surface area contributed by atoms with Crippen molar-refractivity contribution in [3.63, 3.8) is 0 Å². The van der Waals surface area contributed by atoms with E-state index in [1.807, 2.05) is 24.3 Å². The minimum Gasteiger partial charge on any atom is -0.508 e. The normalized spacial score (nSPS) is 22.7. The van der Waals surface area contributed by atoms with Crippen LogP contribution in [-0.4, -0.2) is 21.4 Å². The Morgan fingerprint density at radius 1 is 1.35 bits per heavy atom. The summed E-state index contributed by atoms with van der Waals surface area (Å²) in [6.07, 6.45) is 1.94. The molecule has 1 heterocycles. The summed E-state index contributed by atoms with van der Waals surface area (Å²) in [7, 11) is 0. The number of phenolic OH excluding ortho intramolecular Hbond substituents is 1. The molecule has 2 atom stereocenters. The summed E-state index contributed by atoms with van der Waals surface area (Å²) in [5.41, 5.74) is 1.99. The number of hydrogen-bond acceptors (Lipinski definition) is 5. The molecule has 1 aromatic carbocycles. The number of para-hydroxylation sites is 1. The number of aromatic hydroxyl groups is 1. The smallest absolute Gasteiger partial charge is 0.162 e. The monoisotopic (exact) mass is 316 g/mol. The van der Waals surface area contributed by atoms with Crippen molar-refractivity contribution in [1.29, 1.82) is 0 Å². The van der Waals surface area contributed by atoms with Crippen LogP contribution in [0.5, 0.6) is 5.75 Å². The van der Waals surface area contributed by atoms with Crippen molar-refractivity contribution in [3.05, 3.63) is 47.3 Å². The first-order chi connectivity index (χ1) is 11.0. The highest BCUT2D eigenvalue weighted by atomic mass is 16.5. The second-order valence-electron chi connectivity index (χ2n) is 6.96. The van der Waals surface area contributed by atoms with Gasteiger partial charge in [0.05, 0.1) is 5.69 Å². The lowest BCUT2D eigenvalue weighted by Gasteiger charge is -2.52. The second-order valence-corrected chi connectivity index (χ2v) is 6.96. The fourth-order valence-corrected chi connectivity index (χ4v) is 3.38. The van der Waals surface area contributed by atoms with Gasteiger partial charge in [-0.15, -0.1) is 0 Å². The molecule has 0 amide bonds. The molecule has 0 radical (unpaired) electrons. The maximum atomic E-state index is 9.84. The average molecular weight is 316 g/mol. The molecule has 0 spiro atoms. The highest BCUT2D eigenvalue weighted by Crippen LogP contribution is 2.47. The lowest BCUT2D eigenvalue weighted by molar-refractivity contribution is 0.0124. The Morgan fingerprint density at radius 3 is 2.78 bits per heavy atom. The van der Waals surface area contributed by atoms with Crippen molar-refractivity contribution in [2.45, 2.75) is 45.9 Å². The van der Waals surface area contributed by atoms with Crippen LogP contribution in [0.4, 0.5) is 0 Å². The van der Waals surface area contributed by atoms with E-state index in [2.05, 4.69) is 24.3 Å². The molecule has 124 valence electrons. The fourth-order valence-electron chi connectivity index (χ4n) is 3.38. The van der Waals surface area contributed by atoms with Gasteiger partial charge in [0.15, 0.2) is 5.76 Å². The van der Waals surface area contributed by atoms with E-state index in [0.717, 1.165) is 24.1 Å². The summed E-state index contributed by atoms with van der Waals surface area (Å²) < 4.78 is 5.05. The summed E-state index contributed by atoms with van der Waals surface area (Å²) in [5.74, 6) is 1.39. The Labute approximate surface area is 136 Å². The highest BCUT2D eigenvalue weighted by molar-refractivity contribution is 5.31. The van der Waals surface area contributed by atoms with Gasteiger partial charge in [0.1, 0.15) is 12.4 Å². The van der Waals surface area contributed by atoms with E-state index in [1.165, 1.54) is 0 Å². The van der Waals surface area contributed by atoms with Gasteiger partial charge in [-0.1, -0.05) is 37.2 Å². The molecule has 1 saturated carbocycles. The van der Waals surface area contributed by atoms with Crippen molar-refractivity contribution in [2.75, 3.05) is 0 Å². The Bertz CT molecular complexity index is 666. The number of phenols is 1. The molecular formula is C18H24N2O3. The van der Waals surface area contributed by atoms with Gasteiger partial charge in [-0.05, 0) is 30.2 Å². The topological polar surface area (TPSA) is 78.5 Å². The Kier molecular flexibility index (Phi) is 4.41. The van der Waals surface area contributed by atoms with Gasteiger partial charge < -0.3 is 20.1 Å². The van der Waals surface area contributed by atoms with E-state index in [-0.39, 0.29) is 12.0 Å². The molecule has 23 heavy (non-hydrogen) atoms. The van der Waals surface area contributed by atoms with Crippen LogP contribution >= 0.6 is 0 Å². The first-order valence-corrected chi connectivity index (χ1v) is 8.06. The third-order valence-corrected chi connectivity index (χ3v) is 5.22. The zero-order chi connectivity index (χ0) is 16.4. The number of aromatic nitrogens is 1. The van der Waals surface area contributed by atoms with E-state index in [9.17, 15) is 5.11 Å². The first kappa shape index (κ1) is 16.0. The van der Waals surface area contributed by atoms with E-state index < -0.39 is 0 Å². The molecular weight excluding hydrogens is 292 g/mol. The van der Waals surface area contributed by atoms with E-state index in [4.69, 9.17) is 9.63 Å².